The average Bonchev–Trinajstić information content (AvgIpc) is 3.78. The molecule has 1 aromatic rings. The van der Waals surface area contributed by atoms with E-state index in [0.717, 1.165) is 21.6 Å². The number of carbonyl (C=O) groups is 10. The minimum absolute atomic E-state index is 0.0398. The molecule has 2 fully saturated rings. The highest BCUT2D eigenvalue weighted by molar-refractivity contribution is 8.76. The van der Waals surface area contributed by atoms with Crippen LogP contribution in [0.5, 0.6) is 5.75 Å². The molecule has 0 aliphatic carbocycles. The Bertz CT molecular complexity index is 1930. The lowest BCUT2D eigenvalue weighted by molar-refractivity contribution is -0.142. The molecule has 2 aliphatic rings. The van der Waals surface area contributed by atoms with E-state index in [1.54, 1.807) is 27.7 Å². The number of benzene rings is 1. The molecule has 1 aromatic carbocycles. The van der Waals surface area contributed by atoms with Crippen molar-refractivity contribution in [2.75, 3.05) is 31.2 Å². The van der Waals surface area contributed by atoms with Gasteiger partial charge in [-0.05, 0) is 42.4 Å². The fraction of sp³-hybridized carbons (Fsp3) is 0.610. The van der Waals surface area contributed by atoms with E-state index >= 15 is 0 Å². The Hall–Kier alpha value is -5.66. The minimum Gasteiger partial charge on any atom is -0.508 e. The number of nitrogens with one attached hydrogen (secondary N) is 7. The maximum atomic E-state index is 14.4. The molecule has 25 heteroatoms. The lowest BCUT2D eigenvalue weighted by Crippen LogP contribution is -2.62. The largest absolute Gasteiger partial charge is 0.508 e. The zero-order valence-corrected chi connectivity index (χ0v) is 39.0. The molecule has 0 bridgehead atoms. The molecule has 10 atom stereocenters. The van der Waals surface area contributed by atoms with Crippen molar-refractivity contribution in [3.8, 4) is 5.75 Å². The van der Waals surface area contributed by atoms with Crippen LogP contribution in [0.1, 0.15) is 65.4 Å². The smallest absolute Gasteiger partial charge is 0.246 e. The van der Waals surface area contributed by atoms with Crippen LogP contribution in [0.3, 0.4) is 0 Å². The number of likely N-dealkylation sites (tertiary alicyclic amines) is 1. The summed E-state index contributed by atoms with van der Waals surface area (Å²) < 4.78 is 0. The first-order valence-corrected chi connectivity index (χ1v) is 24.1. The summed E-state index contributed by atoms with van der Waals surface area (Å²) >= 11 is 0. The first kappa shape index (κ1) is 54.7. The quantitative estimate of drug-likeness (QED) is 0.0749. The summed E-state index contributed by atoms with van der Waals surface area (Å²) in [6.07, 6.45) is 0.465. The van der Waals surface area contributed by atoms with Gasteiger partial charge in [0.1, 0.15) is 48.0 Å². The molecule has 2 saturated heterocycles. The number of hydrogen-bond donors (Lipinski definition) is 12. The highest BCUT2D eigenvalue weighted by atomic mass is 33.1. The van der Waals surface area contributed by atoms with Gasteiger partial charge < -0.3 is 69.5 Å². The monoisotopic (exact) mass is 965 g/mol. The van der Waals surface area contributed by atoms with Crippen molar-refractivity contribution >= 4 is 80.7 Å². The Kier molecular flexibility index (Phi) is 21.9. The highest BCUT2D eigenvalue weighted by Gasteiger charge is 2.41. The fourth-order valence-corrected chi connectivity index (χ4v) is 9.23. The maximum absolute atomic E-state index is 14.4. The van der Waals surface area contributed by atoms with Gasteiger partial charge in [-0.3, -0.25) is 47.9 Å². The molecule has 366 valence electrons. The van der Waals surface area contributed by atoms with Crippen molar-refractivity contribution in [3.05, 3.63) is 29.8 Å². The number of phenolic OH excluding ortho intramolecular Hbond substituents is 1. The van der Waals surface area contributed by atoms with E-state index in [9.17, 15) is 58.2 Å². The van der Waals surface area contributed by atoms with Crippen LogP contribution in [0.15, 0.2) is 24.3 Å². The van der Waals surface area contributed by atoms with E-state index in [4.69, 9.17) is 17.2 Å². The van der Waals surface area contributed by atoms with Gasteiger partial charge in [-0.1, -0.05) is 74.3 Å². The third-order valence-corrected chi connectivity index (χ3v) is 13.7. The van der Waals surface area contributed by atoms with Crippen molar-refractivity contribution in [1.29, 1.82) is 0 Å². The number of carbonyl (C=O) groups excluding carboxylic acids is 10. The molecule has 2 heterocycles. The van der Waals surface area contributed by atoms with Crippen LogP contribution in [-0.2, 0) is 54.4 Å². The van der Waals surface area contributed by atoms with Gasteiger partial charge in [0.15, 0.2) is 0 Å². The Labute approximate surface area is 390 Å². The molecule has 66 heavy (non-hydrogen) atoms. The summed E-state index contributed by atoms with van der Waals surface area (Å²) in [6, 6.07) is -5.10. The summed E-state index contributed by atoms with van der Waals surface area (Å²) in [4.78, 5) is 135. The molecule has 10 unspecified atom stereocenters. The van der Waals surface area contributed by atoms with Crippen LogP contribution < -0.4 is 54.4 Å². The van der Waals surface area contributed by atoms with Crippen LogP contribution >= 0.6 is 21.6 Å². The van der Waals surface area contributed by atoms with Crippen LogP contribution in [0.4, 0.5) is 0 Å². The lowest BCUT2D eigenvalue weighted by Gasteiger charge is -2.31. The van der Waals surface area contributed by atoms with Crippen LogP contribution in [0, 0.1) is 11.8 Å². The SMILES string of the molecule is CCC(C)C1NC(=O)C(Cc2ccc(O)cc2)NC(=O)C(N)CSSCC(C(=O)N2CCCC2C(=O)NC(C(=O)NCC(N)=O)C(C)CC)NC(=O)C(CC(N)=O)NC(=O)C(CO)NC1=O. The summed E-state index contributed by atoms with van der Waals surface area (Å²) in [7, 11) is 2.06. The molecule has 0 radical (unpaired) electrons. The second-order valence-corrected chi connectivity index (χ2v) is 18.8. The number of amides is 10. The number of aromatic hydroxyl groups is 1. The van der Waals surface area contributed by atoms with Crippen molar-refractivity contribution in [2.24, 2.45) is 29.0 Å². The minimum atomic E-state index is -1.74. The molecule has 23 nitrogen and oxygen atoms in total. The van der Waals surface area contributed by atoms with E-state index in [0.29, 0.717) is 24.8 Å². The maximum Gasteiger partial charge on any atom is 0.246 e. The topological polar surface area (TPSA) is 377 Å². The molecule has 3 rings (SSSR count). The van der Waals surface area contributed by atoms with Crippen LogP contribution in [0.25, 0.3) is 0 Å². The predicted octanol–water partition coefficient (Wildman–Crippen LogP) is -3.88. The molecule has 0 aromatic heterocycles. The van der Waals surface area contributed by atoms with Crippen molar-refractivity contribution in [3.63, 3.8) is 0 Å². The number of phenols is 1. The number of aliphatic hydroxyl groups excluding tert-OH is 1. The Morgan fingerprint density at radius 3 is 2.02 bits per heavy atom. The highest BCUT2D eigenvalue weighted by Crippen LogP contribution is 2.26. The van der Waals surface area contributed by atoms with E-state index in [1.165, 1.54) is 29.2 Å². The number of aliphatic hydroxyl groups is 1. The fourth-order valence-electron chi connectivity index (χ4n) is 6.95. The summed E-state index contributed by atoms with van der Waals surface area (Å²) in [6.45, 7) is 5.49. The van der Waals surface area contributed by atoms with E-state index in [-0.39, 0.29) is 36.6 Å². The molecular weight excluding hydrogens is 903 g/mol. The van der Waals surface area contributed by atoms with Gasteiger partial charge in [0.05, 0.1) is 25.6 Å². The van der Waals surface area contributed by atoms with E-state index in [2.05, 4.69) is 37.2 Å². The van der Waals surface area contributed by atoms with Crippen LogP contribution in [-0.4, -0.2) is 154 Å². The van der Waals surface area contributed by atoms with Gasteiger partial charge in [0.2, 0.25) is 59.1 Å². The summed E-state index contributed by atoms with van der Waals surface area (Å²) in [5.41, 5.74) is 17.5. The van der Waals surface area contributed by atoms with Gasteiger partial charge in [0, 0.05) is 24.5 Å². The molecule has 10 amide bonds. The third-order valence-electron chi connectivity index (χ3n) is 11.2. The summed E-state index contributed by atoms with van der Waals surface area (Å²) in [5, 5.41) is 37.7. The second-order valence-electron chi connectivity index (χ2n) is 16.3. The third kappa shape index (κ3) is 16.3. The Morgan fingerprint density at radius 1 is 0.803 bits per heavy atom. The number of hydrogen-bond acceptors (Lipinski definition) is 15. The first-order chi connectivity index (χ1) is 31.2. The normalized spacial score (nSPS) is 25.3. The summed E-state index contributed by atoms with van der Waals surface area (Å²) in [5.74, 6) is -9.85. The standard InChI is InChI=1S/C41H63N11O12S2/c1-5-20(3)32(39(62)45-16-31(44)56)51-38(61)29-8-7-13-52(29)41(64)28-19-66-65-18-24(42)34(57)46-25(14-22-9-11-23(54)12-10-22)36(59)50-33(21(4)6-2)40(63)48-27(17-53)37(60)47-26(15-30(43)55)35(58)49-28/h9-12,20-21,24-29,32-33,53-54H,5-8,13-19,42H2,1-4H3,(H2,43,55)(H2,44,56)(H,45,62)(H,46,57)(H,47,60)(H,48,63)(H,49,58)(H,50,59)(H,51,61). The first-order valence-electron chi connectivity index (χ1n) is 21.6. The van der Waals surface area contributed by atoms with E-state index < -0.39 is 139 Å². The molecule has 0 saturated carbocycles. The zero-order chi connectivity index (χ0) is 49.2. The predicted molar refractivity (Wildman–Crippen MR) is 243 cm³/mol. The molecular formula is C41H63N11O12S2. The van der Waals surface area contributed by atoms with Gasteiger partial charge in [-0.25, -0.2) is 0 Å². The number of rotatable bonds is 15. The number of nitrogens with two attached hydrogens (primary N) is 3. The number of primary amides is 2. The Balaban J connectivity index is 2.00. The van der Waals surface area contributed by atoms with Crippen molar-refractivity contribution < 1.29 is 58.2 Å². The van der Waals surface area contributed by atoms with Crippen molar-refractivity contribution in [2.45, 2.75) is 115 Å². The van der Waals surface area contributed by atoms with Gasteiger partial charge >= 0.3 is 0 Å². The van der Waals surface area contributed by atoms with E-state index in [1.807, 2.05) is 0 Å². The van der Waals surface area contributed by atoms with Crippen molar-refractivity contribution in [1.82, 2.24) is 42.1 Å². The number of nitrogens with zero attached hydrogens (tertiary/aromatic N) is 1. The second kappa shape index (κ2) is 26.5. The lowest BCUT2D eigenvalue weighted by atomic mass is 9.96. The average molecular weight is 966 g/mol. The van der Waals surface area contributed by atoms with Gasteiger partial charge in [-0.15, -0.1) is 0 Å². The zero-order valence-electron chi connectivity index (χ0n) is 37.3. The van der Waals surface area contributed by atoms with Gasteiger partial charge in [0.25, 0.3) is 0 Å². The Morgan fingerprint density at radius 2 is 1.41 bits per heavy atom. The molecule has 15 N–H and O–H groups in total. The molecule has 0 spiro atoms. The van der Waals surface area contributed by atoms with Crippen LogP contribution in [0.2, 0.25) is 0 Å². The van der Waals surface area contributed by atoms with Gasteiger partial charge in [-0.2, -0.15) is 0 Å². The molecule has 2 aliphatic heterocycles.